The highest BCUT2D eigenvalue weighted by Crippen LogP contribution is 2.23. The molecule has 0 aliphatic heterocycles. The van der Waals surface area contributed by atoms with Gasteiger partial charge in [0.1, 0.15) is 6.04 Å². The van der Waals surface area contributed by atoms with E-state index >= 15 is 0 Å². The molecule has 0 aromatic heterocycles. The third kappa shape index (κ3) is 6.98. The maximum absolute atomic E-state index is 14.1. The molecule has 206 valence electrons. The highest BCUT2D eigenvalue weighted by molar-refractivity contribution is 5.89. The number of carbonyl (C=O) groups excluding carboxylic acids is 2. The zero-order valence-electron chi connectivity index (χ0n) is 23.5. The molecule has 1 N–H and O–H groups in total. The monoisotopic (exact) mass is 532 g/mol. The first-order valence-electron chi connectivity index (χ1n) is 14.7. The fourth-order valence-electron chi connectivity index (χ4n) is 5.96. The van der Waals surface area contributed by atoms with E-state index in [4.69, 9.17) is 0 Å². The van der Waals surface area contributed by atoms with Crippen molar-refractivity contribution in [1.29, 1.82) is 0 Å². The number of fused-ring (bicyclic) bond motifs is 1. The minimum Gasteiger partial charge on any atom is -0.352 e. The molecule has 2 amide bonds. The number of amides is 2. The minimum atomic E-state index is -0.580. The van der Waals surface area contributed by atoms with Gasteiger partial charge in [0.05, 0.1) is 0 Å². The summed E-state index contributed by atoms with van der Waals surface area (Å²) in [5, 5.41) is 5.70. The van der Waals surface area contributed by atoms with Crippen LogP contribution in [0.4, 0.5) is 0 Å². The summed E-state index contributed by atoms with van der Waals surface area (Å²) in [5.41, 5.74) is 4.42. The lowest BCUT2D eigenvalue weighted by Crippen LogP contribution is -2.53. The van der Waals surface area contributed by atoms with Crippen molar-refractivity contribution in [2.45, 2.75) is 76.9 Å². The quantitative estimate of drug-likeness (QED) is 0.235. The highest BCUT2D eigenvalue weighted by atomic mass is 16.2. The average molecular weight is 533 g/mol. The standard InChI is InChI=1S/C36H40N2O2/c1-27-13-8-9-17-31(27)26-38(35(39)24-23-30-19-12-18-29-16-10-11-22-33(29)30)34(25-28-14-4-2-5-15-28)36(40)37-32-20-6-3-7-21-32/h2,4-5,8-19,22,32,34H,3,6-7,20-21,23-26H2,1H3,(H,37,40)/t34-/m1/s1. The Morgan fingerprint density at radius 2 is 1.48 bits per heavy atom. The second-order valence-electron chi connectivity index (χ2n) is 11.1. The maximum atomic E-state index is 14.1. The maximum Gasteiger partial charge on any atom is 0.243 e. The van der Waals surface area contributed by atoms with Crippen LogP contribution in [0.25, 0.3) is 10.8 Å². The van der Waals surface area contributed by atoms with Crippen LogP contribution in [-0.4, -0.2) is 28.8 Å². The molecule has 4 aromatic carbocycles. The van der Waals surface area contributed by atoms with Crippen LogP contribution in [0, 0.1) is 6.92 Å². The second-order valence-corrected chi connectivity index (χ2v) is 11.1. The van der Waals surface area contributed by atoms with E-state index in [9.17, 15) is 9.59 Å². The number of nitrogens with zero attached hydrogens (tertiary/aromatic N) is 1. The summed E-state index contributed by atoms with van der Waals surface area (Å²) in [5.74, 6) is -0.0289. The summed E-state index contributed by atoms with van der Waals surface area (Å²) in [6, 6.07) is 32.4. The van der Waals surface area contributed by atoms with E-state index in [1.165, 1.54) is 17.2 Å². The van der Waals surface area contributed by atoms with E-state index in [1.54, 1.807) is 0 Å². The van der Waals surface area contributed by atoms with E-state index in [0.29, 0.717) is 25.8 Å². The van der Waals surface area contributed by atoms with E-state index in [-0.39, 0.29) is 17.9 Å². The molecule has 0 saturated heterocycles. The molecule has 0 spiro atoms. The van der Waals surface area contributed by atoms with Gasteiger partial charge in [-0.05, 0) is 59.2 Å². The third-order valence-corrected chi connectivity index (χ3v) is 8.31. The zero-order valence-corrected chi connectivity index (χ0v) is 23.5. The first-order chi connectivity index (χ1) is 19.6. The molecular weight excluding hydrogens is 492 g/mol. The number of nitrogens with one attached hydrogen (secondary N) is 1. The summed E-state index contributed by atoms with van der Waals surface area (Å²) in [4.78, 5) is 30.0. The fourth-order valence-corrected chi connectivity index (χ4v) is 5.96. The zero-order chi connectivity index (χ0) is 27.7. The van der Waals surface area contributed by atoms with Crippen molar-refractivity contribution in [3.05, 3.63) is 119 Å². The number of aryl methyl sites for hydroxylation is 2. The van der Waals surface area contributed by atoms with Crippen molar-refractivity contribution >= 4 is 22.6 Å². The number of rotatable bonds is 10. The van der Waals surface area contributed by atoms with Gasteiger partial charge in [0.2, 0.25) is 11.8 Å². The molecule has 1 saturated carbocycles. The van der Waals surface area contributed by atoms with Crippen LogP contribution in [-0.2, 0) is 29.0 Å². The molecule has 4 heteroatoms. The van der Waals surface area contributed by atoms with E-state index in [1.807, 2.05) is 59.5 Å². The average Bonchev–Trinajstić information content (AvgIpc) is 2.99. The smallest absolute Gasteiger partial charge is 0.243 e. The Balaban J connectivity index is 1.44. The Morgan fingerprint density at radius 3 is 2.27 bits per heavy atom. The van der Waals surface area contributed by atoms with Crippen molar-refractivity contribution in [3.8, 4) is 0 Å². The molecule has 0 bridgehead atoms. The SMILES string of the molecule is Cc1ccccc1CN(C(=O)CCc1cccc2ccccc12)[C@H](Cc1ccccc1)C(=O)NC1CCCCC1. The Labute approximate surface area is 238 Å². The first-order valence-corrected chi connectivity index (χ1v) is 14.7. The Morgan fingerprint density at radius 1 is 0.800 bits per heavy atom. The molecule has 0 heterocycles. The second kappa shape index (κ2) is 13.4. The highest BCUT2D eigenvalue weighted by Gasteiger charge is 2.32. The summed E-state index contributed by atoms with van der Waals surface area (Å²) in [6.45, 7) is 2.49. The molecule has 1 atom stereocenters. The first kappa shape index (κ1) is 27.6. The van der Waals surface area contributed by atoms with Crippen LogP contribution in [0.5, 0.6) is 0 Å². The van der Waals surface area contributed by atoms with E-state index in [0.717, 1.165) is 47.9 Å². The lowest BCUT2D eigenvalue weighted by molar-refractivity contribution is -0.141. The normalized spacial score (nSPS) is 14.5. The van der Waals surface area contributed by atoms with Crippen LogP contribution in [0.2, 0.25) is 0 Å². The molecule has 0 unspecified atom stereocenters. The van der Waals surface area contributed by atoms with Crippen LogP contribution in [0.3, 0.4) is 0 Å². The van der Waals surface area contributed by atoms with Crippen LogP contribution >= 0.6 is 0 Å². The lowest BCUT2D eigenvalue weighted by Gasteiger charge is -2.34. The summed E-state index contributed by atoms with van der Waals surface area (Å²) >= 11 is 0. The van der Waals surface area contributed by atoms with Crippen molar-refractivity contribution in [2.24, 2.45) is 0 Å². The van der Waals surface area contributed by atoms with Gasteiger partial charge >= 0.3 is 0 Å². The van der Waals surface area contributed by atoms with Gasteiger partial charge in [0.25, 0.3) is 0 Å². The van der Waals surface area contributed by atoms with Gasteiger partial charge in [-0.3, -0.25) is 9.59 Å². The molecule has 0 radical (unpaired) electrons. The number of carbonyl (C=O) groups is 2. The third-order valence-electron chi connectivity index (χ3n) is 8.31. The van der Waals surface area contributed by atoms with Crippen molar-refractivity contribution in [1.82, 2.24) is 10.2 Å². The fraction of sp³-hybridized carbons (Fsp3) is 0.333. The molecule has 40 heavy (non-hydrogen) atoms. The predicted molar refractivity (Wildman–Crippen MR) is 163 cm³/mol. The number of hydrogen-bond acceptors (Lipinski definition) is 2. The molecule has 1 fully saturated rings. The number of benzene rings is 4. The van der Waals surface area contributed by atoms with Crippen molar-refractivity contribution in [2.75, 3.05) is 0 Å². The Hall–Kier alpha value is -3.92. The predicted octanol–water partition coefficient (Wildman–Crippen LogP) is 7.17. The van der Waals surface area contributed by atoms with E-state index in [2.05, 4.69) is 54.7 Å². The van der Waals surface area contributed by atoms with Gasteiger partial charge < -0.3 is 10.2 Å². The summed E-state index contributed by atoms with van der Waals surface area (Å²) in [7, 11) is 0. The van der Waals surface area contributed by atoms with Gasteiger partial charge in [0.15, 0.2) is 0 Å². The van der Waals surface area contributed by atoms with Gasteiger partial charge in [0, 0.05) is 25.4 Å². The summed E-state index contributed by atoms with van der Waals surface area (Å²) < 4.78 is 0. The van der Waals surface area contributed by atoms with Crippen LogP contribution < -0.4 is 5.32 Å². The molecule has 4 aromatic rings. The molecular formula is C36H40N2O2. The molecule has 5 rings (SSSR count). The molecule has 1 aliphatic rings. The Kier molecular flexibility index (Phi) is 9.28. The lowest BCUT2D eigenvalue weighted by atomic mass is 9.94. The van der Waals surface area contributed by atoms with Gasteiger partial charge in [-0.25, -0.2) is 0 Å². The Bertz CT molecular complexity index is 1420. The molecule has 1 aliphatic carbocycles. The van der Waals surface area contributed by atoms with Crippen molar-refractivity contribution < 1.29 is 9.59 Å². The van der Waals surface area contributed by atoms with E-state index < -0.39 is 6.04 Å². The molecule has 4 nitrogen and oxygen atoms in total. The van der Waals surface area contributed by atoms with Crippen molar-refractivity contribution in [3.63, 3.8) is 0 Å². The van der Waals surface area contributed by atoms with Crippen LogP contribution in [0.1, 0.15) is 60.8 Å². The minimum absolute atomic E-state index is 0.0101. The van der Waals surface area contributed by atoms with Gasteiger partial charge in [-0.15, -0.1) is 0 Å². The topological polar surface area (TPSA) is 49.4 Å². The van der Waals surface area contributed by atoms with Gasteiger partial charge in [-0.1, -0.05) is 116 Å². The van der Waals surface area contributed by atoms with Gasteiger partial charge in [-0.2, -0.15) is 0 Å². The largest absolute Gasteiger partial charge is 0.352 e. The van der Waals surface area contributed by atoms with Crippen LogP contribution in [0.15, 0.2) is 97.1 Å². The number of hydrogen-bond donors (Lipinski definition) is 1. The summed E-state index contributed by atoms with van der Waals surface area (Å²) in [6.07, 6.45) is 7.01.